The van der Waals surface area contributed by atoms with Crippen molar-refractivity contribution in [3.63, 3.8) is 0 Å². The second kappa shape index (κ2) is 6.31. The lowest BCUT2D eigenvalue weighted by Crippen LogP contribution is -2.36. The Kier molecular flexibility index (Phi) is 4.70. The van der Waals surface area contributed by atoms with Crippen molar-refractivity contribution < 1.29 is 31.1 Å². The minimum absolute atomic E-state index is 0.0155. The summed E-state index contributed by atoms with van der Waals surface area (Å²) in [5.74, 6) is 3.69. The molecule has 25 heavy (non-hydrogen) atoms. The standard InChI is InChI=1S/C12H10F6N6O/c1-5(10(25)20-19)24-22-9(21-23-24)6-2-7(11(13,14)15)4-8(3-6)12(16,17)18/h2-5H,19H2,1H3,(H,20,25). The second-order valence-electron chi connectivity index (χ2n) is 4.91. The molecular weight excluding hydrogens is 358 g/mol. The quantitative estimate of drug-likeness (QED) is 0.373. The zero-order chi connectivity index (χ0) is 19.0. The highest BCUT2D eigenvalue weighted by Crippen LogP contribution is 2.37. The first-order valence-electron chi connectivity index (χ1n) is 6.53. The van der Waals surface area contributed by atoms with E-state index in [0.717, 1.165) is 0 Å². The molecule has 7 nitrogen and oxygen atoms in total. The van der Waals surface area contributed by atoms with E-state index in [4.69, 9.17) is 5.84 Å². The zero-order valence-electron chi connectivity index (χ0n) is 12.4. The molecule has 0 spiro atoms. The van der Waals surface area contributed by atoms with Gasteiger partial charge in [-0.25, -0.2) is 5.84 Å². The maximum absolute atomic E-state index is 12.8. The Balaban J connectivity index is 2.52. The number of halogens is 6. The van der Waals surface area contributed by atoms with Gasteiger partial charge in [0.1, 0.15) is 0 Å². The molecule has 0 fully saturated rings. The molecule has 2 aromatic rings. The van der Waals surface area contributed by atoms with E-state index in [0.29, 0.717) is 16.9 Å². The molecule has 1 aromatic heterocycles. The fourth-order valence-electron chi connectivity index (χ4n) is 1.81. The number of rotatable bonds is 3. The van der Waals surface area contributed by atoms with Crippen LogP contribution in [0.2, 0.25) is 0 Å². The largest absolute Gasteiger partial charge is 0.416 e. The lowest BCUT2D eigenvalue weighted by molar-refractivity contribution is -0.143. The highest BCUT2D eigenvalue weighted by Gasteiger charge is 2.37. The van der Waals surface area contributed by atoms with Crippen molar-refractivity contribution in [2.75, 3.05) is 0 Å². The van der Waals surface area contributed by atoms with Gasteiger partial charge in [0.25, 0.3) is 5.91 Å². The third-order valence-corrected chi connectivity index (χ3v) is 3.14. The molecule has 0 saturated heterocycles. The van der Waals surface area contributed by atoms with Gasteiger partial charge in [-0.2, -0.15) is 31.1 Å². The maximum atomic E-state index is 12.8. The predicted octanol–water partition coefficient (Wildman–Crippen LogP) is 1.93. The molecule has 1 amide bonds. The Labute approximate surface area is 135 Å². The van der Waals surface area contributed by atoms with Crippen LogP contribution in [-0.2, 0) is 17.1 Å². The minimum atomic E-state index is -5.00. The van der Waals surface area contributed by atoms with E-state index in [1.165, 1.54) is 6.92 Å². The van der Waals surface area contributed by atoms with E-state index in [-0.39, 0.29) is 6.07 Å². The van der Waals surface area contributed by atoms with Crippen LogP contribution in [0.25, 0.3) is 11.4 Å². The van der Waals surface area contributed by atoms with E-state index in [1.807, 2.05) is 0 Å². The smallest absolute Gasteiger partial charge is 0.292 e. The molecule has 0 saturated carbocycles. The Hall–Kier alpha value is -2.70. The van der Waals surface area contributed by atoms with Crippen molar-refractivity contribution in [1.82, 2.24) is 25.6 Å². The minimum Gasteiger partial charge on any atom is -0.292 e. The number of hydrogen-bond acceptors (Lipinski definition) is 5. The lowest BCUT2D eigenvalue weighted by atomic mass is 10.0. The number of nitrogens with two attached hydrogens (primary N) is 1. The van der Waals surface area contributed by atoms with Crippen molar-refractivity contribution in [3.8, 4) is 11.4 Å². The molecule has 3 N–H and O–H groups in total. The summed E-state index contributed by atoms with van der Waals surface area (Å²) in [5, 5.41) is 10.5. The number of tetrazole rings is 1. The van der Waals surface area contributed by atoms with Crippen LogP contribution in [0.15, 0.2) is 18.2 Å². The van der Waals surface area contributed by atoms with Crippen LogP contribution in [0.5, 0.6) is 0 Å². The third kappa shape index (κ3) is 4.04. The Morgan fingerprint density at radius 1 is 1.12 bits per heavy atom. The number of carbonyl (C=O) groups is 1. The van der Waals surface area contributed by atoms with Gasteiger partial charge in [0.05, 0.1) is 11.1 Å². The van der Waals surface area contributed by atoms with Gasteiger partial charge in [-0.05, 0) is 30.3 Å². The van der Waals surface area contributed by atoms with Crippen molar-refractivity contribution in [1.29, 1.82) is 0 Å². The second-order valence-corrected chi connectivity index (χ2v) is 4.91. The number of carbonyl (C=O) groups excluding carboxylic acids is 1. The van der Waals surface area contributed by atoms with Gasteiger partial charge in [0.2, 0.25) is 5.82 Å². The summed E-state index contributed by atoms with van der Waals surface area (Å²) in [7, 11) is 0. The number of hydrogen-bond donors (Lipinski definition) is 2. The monoisotopic (exact) mass is 368 g/mol. The molecule has 0 radical (unpaired) electrons. The first kappa shape index (κ1) is 18.6. The fraction of sp³-hybridized carbons (Fsp3) is 0.333. The summed E-state index contributed by atoms with van der Waals surface area (Å²) in [6.07, 6.45) is -10.0. The topological polar surface area (TPSA) is 98.7 Å². The van der Waals surface area contributed by atoms with Gasteiger partial charge < -0.3 is 0 Å². The van der Waals surface area contributed by atoms with Crippen LogP contribution in [0.3, 0.4) is 0 Å². The molecule has 1 unspecified atom stereocenters. The third-order valence-electron chi connectivity index (χ3n) is 3.14. The van der Waals surface area contributed by atoms with Crippen LogP contribution in [-0.4, -0.2) is 26.1 Å². The van der Waals surface area contributed by atoms with Gasteiger partial charge in [-0.15, -0.1) is 10.2 Å². The summed E-state index contributed by atoms with van der Waals surface area (Å²) in [6, 6.07) is -0.161. The molecule has 0 aliphatic heterocycles. The molecule has 136 valence electrons. The highest BCUT2D eigenvalue weighted by molar-refractivity contribution is 5.78. The molecule has 2 rings (SSSR count). The van der Waals surface area contributed by atoms with E-state index < -0.39 is 46.8 Å². The summed E-state index contributed by atoms with van der Waals surface area (Å²) in [6.45, 7) is 1.31. The molecule has 1 heterocycles. The molecule has 1 aromatic carbocycles. The van der Waals surface area contributed by atoms with Gasteiger partial charge in [-0.3, -0.25) is 10.2 Å². The number of alkyl halides is 6. The summed E-state index contributed by atoms with van der Waals surface area (Å²) in [4.78, 5) is 12.1. The van der Waals surface area contributed by atoms with Crippen LogP contribution in [0.4, 0.5) is 26.3 Å². The van der Waals surface area contributed by atoms with Gasteiger partial charge in [0, 0.05) is 5.56 Å². The van der Waals surface area contributed by atoms with Crippen LogP contribution in [0.1, 0.15) is 24.1 Å². The molecule has 13 heteroatoms. The number of nitrogens with one attached hydrogen (secondary N) is 1. The molecule has 0 aliphatic carbocycles. The van der Waals surface area contributed by atoms with Crippen molar-refractivity contribution in [2.24, 2.45) is 5.84 Å². The van der Waals surface area contributed by atoms with Crippen LogP contribution in [0, 0.1) is 0 Å². The molecular formula is C12H10F6N6O. The van der Waals surface area contributed by atoms with Crippen LogP contribution >= 0.6 is 0 Å². The van der Waals surface area contributed by atoms with E-state index in [1.54, 1.807) is 5.43 Å². The Bertz CT molecular complexity index is 751. The average molecular weight is 368 g/mol. The molecule has 0 aliphatic rings. The van der Waals surface area contributed by atoms with Crippen LogP contribution < -0.4 is 11.3 Å². The first-order chi connectivity index (χ1) is 11.4. The Morgan fingerprint density at radius 3 is 2.08 bits per heavy atom. The first-order valence-corrected chi connectivity index (χ1v) is 6.53. The maximum Gasteiger partial charge on any atom is 0.416 e. The van der Waals surface area contributed by atoms with Crippen molar-refractivity contribution >= 4 is 5.91 Å². The lowest BCUT2D eigenvalue weighted by Gasteiger charge is -2.13. The van der Waals surface area contributed by atoms with Crippen molar-refractivity contribution in [3.05, 3.63) is 29.3 Å². The number of benzene rings is 1. The van der Waals surface area contributed by atoms with Gasteiger partial charge in [-0.1, -0.05) is 0 Å². The summed E-state index contributed by atoms with van der Waals surface area (Å²) >= 11 is 0. The van der Waals surface area contributed by atoms with E-state index in [2.05, 4.69) is 15.4 Å². The predicted molar refractivity (Wildman–Crippen MR) is 70.3 cm³/mol. The van der Waals surface area contributed by atoms with E-state index in [9.17, 15) is 31.1 Å². The molecule has 1 atom stereocenters. The molecule has 0 bridgehead atoms. The zero-order valence-corrected chi connectivity index (χ0v) is 12.4. The fourth-order valence-corrected chi connectivity index (χ4v) is 1.81. The SMILES string of the molecule is CC(C(=O)NN)n1nnc(-c2cc(C(F)(F)F)cc(C(F)(F)F)c2)n1. The Morgan fingerprint density at radius 2 is 1.64 bits per heavy atom. The number of aromatic nitrogens is 4. The highest BCUT2D eigenvalue weighted by atomic mass is 19.4. The van der Waals surface area contributed by atoms with Gasteiger partial charge >= 0.3 is 12.4 Å². The van der Waals surface area contributed by atoms with Gasteiger partial charge in [0.15, 0.2) is 6.04 Å². The number of nitrogens with zero attached hydrogens (tertiary/aromatic N) is 4. The summed E-state index contributed by atoms with van der Waals surface area (Å²) < 4.78 is 77.0. The number of amides is 1. The normalized spacial score (nSPS) is 13.6. The number of hydrazine groups is 1. The average Bonchev–Trinajstić information content (AvgIpc) is 3.01. The van der Waals surface area contributed by atoms with E-state index >= 15 is 0 Å². The van der Waals surface area contributed by atoms with Crippen molar-refractivity contribution in [2.45, 2.75) is 25.3 Å². The summed E-state index contributed by atoms with van der Waals surface area (Å²) in [5.41, 5.74) is -1.77.